The zero-order valence-corrected chi connectivity index (χ0v) is 11.2. The summed E-state index contributed by atoms with van der Waals surface area (Å²) in [5.41, 5.74) is 0. The molecule has 1 aromatic rings. The summed E-state index contributed by atoms with van der Waals surface area (Å²) < 4.78 is 66.4. The number of aromatic nitrogens is 2. The molecule has 9 heteroatoms. The van der Waals surface area contributed by atoms with Crippen LogP contribution in [0.1, 0.15) is 31.5 Å². The maximum Gasteiger partial charge on any atom is 0.456 e. The lowest BCUT2D eigenvalue weighted by molar-refractivity contribution is -0.290. The molecule has 1 aliphatic carbocycles. The number of nitrogens with one attached hydrogen (secondary N) is 1. The Bertz CT molecular complexity index is 502. The molecule has 21 heavy (non-hydrogen) atoms. The third kappa shape index (κ3) is 3.92. The molecule has 0 unspecified atom stereocenters. The monoisotopic (exact) mass is 311 g/mol. The molecule has 4 nitrogen and oxygen atoms in total. The topological polar surface area (TPSA) is 47.0 Å². The second-order valence-corrected chi connectivity index (χ2v) is 4.75. The molecule has 0 amide bonds. The summed E-state index contributed by atoms with van der Waals surface area (Å²) in [6.45, 7) is 0.527. The van der Waals surface area contributed by atoms with Crippen LogP contribution in [0.15, 0.2) is 6.07 Å². The van der Waals surface area contributed by atoms with E-state index in [1.165, 1.54) is 6.07 Å². The molecule has 0 radical (unpaired) electrons. The summed E-state index contributed by atoms with van der Waals surface area (Å²) >= 11 is 0. The zero-order chi connectivity index (χ0) is 15.7. The Labute approximate surface area is 117 Å². The van der Waals surface area contributed by atoms with Crippen LogP contribution in [0.2, 0.25) is 0 Å². The number of anilines is 1. The molecule has 0 saturated heterocycles. The normalized spacial score (nSPS) is 15.9. The molecule has 118 valence electrons. The Balaban J connectivity index is 2.12. The van der Waals surface area contributed by atoms with Crippen LogP contribution in [0.4, 0.5) is 27.8 Å². The Kier molecular flexibility index (Phi) is 4.20. The van der Waals surface area contributed by atoms with Gasteiger partial charge in [0.05, 0.1) is 0 Å². The van der Waals surface area contributed by atoms with Gasteiger partial charge in [0, 0.05) is 18.5 Å². The molecular formula is C12H14F5N3O. The van der Waals surface area contributed by atoms with Crippen LogP contribution < -0.4 is 10.1 Å². The quantitative estimate of drug-likeness (QED) is 0.818. The van der Waals surface area contributed by atoms with Crippen LogP contribution in [0.3, 0.4) is 0 Å². The van der Waals surface area contributed by atoms with Crippen LogP contribution in [-0.4, -0.2) is 35.2 Å². The molecule has 0 bridgehead atoms. The summed E-state index contributed by atoms with van der Waals surface area (Å²) in [6.07, 6.45) is -3.91. The highest BCUT2D eigenvalue weighted by Crippen LogP contribution is 2.39. The predicted octanol–water partition coefficient (Wildman–Crippen LogP) is 3.36. The highest BCUT2D eigenvalue weighted by molar-refractivity contribution is 5.39. The van der Waals surface area contributed by atoms with Gasteiger partial charge in [0.15, 0.2) is 6.61 Å². The lowest BCUT2D eigenvalue weighted by Gasteiger charge is -2.19. The number of alkyl halides is 5. The summed E-state index contributed by atoms with van der Waals surface area (Å²) in [5.74, 6) is -4.34. The second kappa shape index (κ2) is 5.61. The van der Waals surface area contributed by atoms with Crippen molar-refractivity contribution in [1.29, 1.82) is 0 Å². The summed E-state index contributed by atoms with van der Waals surface area (Å²) in [4.78, 5) is 8.06. The molecule has 1 aliphatic rings. The van der Waals surface area contributed by atoms with Crippen molar-refractivity contribution in [2.45, 2.75) is 37.8 Å². The zero-order valence-electron chi connectivity index (χ0n) is 11.2. The van der Waals surface area contributed by atoms with E-state index in [0.29, 0.717) is 18.2 Å². The van der Waals surface area contributed by atoms with Crippen LogP contribution in [0.25, 0.3) is 0 Å². The minimum absolute atomic E-state index is 0.120. The Morgan fingerprint density at radius 2 is 1.90 bits per heavy atom. The van der Waals surface area contributed by atoms with E-state index in [1.54, 1.807) is 6.92 Å². The van der Waals surface area contributed by atoms with Crippen molar-refractivity contribution in [1.82, 2.24) is 9.97 Å². The maximum absolute atomic E-state index is 12.8. The molecule has 1 saturated carbocycles. The Morgan fingerprint density at radius 3 is 2.43 bits per heavy atom. The van der Waals surface area contributed by atoms with Crippen molar-refractivity contribution >= 4 is 5.82 Å². The van der Waals surface area contributed by atoms with Gasteiger partial charge in [0.1, 0.15) is 11.6 Å². The molecule has 1 heterocycles. The highest BCUT2D eigenvalue weighted by Gasteiger charge is 2.58. The van der Waals surface area contributed by atoms with Crippen molar-refractivity contribution in [3.63, 3.8) is 0 Å². The first kappa shape index (κ1) is 15.7. The minimum Gasteiger partial charge on any atom is -0.471 e. The molecule has 1 aromatic heterocycles. The minimum atomic E-state index is -5.65. The fourth-order valence-electron chi connectivity index (χ4n) is 1.56. The fourth-order valence-corrected chi connectivity index (χ4v) is 1.56. The van der Waals surface area contributed by atoms with Gasteiger partial charge in [-0.05, 0) is 19.8 Å². The van der Waals surface area contributed by atoms with E-state index >= 15 is 0 Å². The first-order valence-corrected chi connectivity index (χ1v) is 6.43. The SMILES string of the molecule is CCNc1cc(OCC(F)(F)C(F)(F)F)nc(C2CC2)n1. The van der Waals surface area contributed by atoms with Crippen LogP contribution in [0, 0.1) is 0 Å². The lowest BCUT2D eigenvalue weighted by Crippen LogP contribution is -2.41. The first-order valence-electron chi connectivity index (χ1n) is 6.43. The number of halogens is 5. The molecule has 1 N–H and O–H groups in total. The molecular weight excluding hydrogens is 297 g/mol. The van der Waals surface area contributed by atoms with E-state index in [-0.39, 0.29) is 11.8 Å². The van der Waals surface area contributed by atoms with Crippen LogP contribution >= 0.6 is 0 Å². The predicted molar refractivity (Wildman–Crippen MR) is 64.7 cm³/mol. The third-order valence-corrected chi connectivity index (χ3v) is 2.84. The van der Waals surface area contributed by atoms with Crippen molar-refractivity contribution in [3.8, 4) is 5.88 Å². The van der Waals surface area contributed by atoms with Gasteiger partial charge in [0.2, 0.25) is 5.88 Å². The van der Waals surface area contributed by atoms with Crippen LogP contribution in [0.5, 0.6) is 5.88 Å². The summed E-state index contributed by atoms with van der Waals surface area (Å²) in [5, 5.41) is 2.86. The van der Waals surface area contributed by atoms with E-state index in [9.17, 15) is 22.0 Å². The molecule has 1 fully saturated rings. The average molecular weight is 311 g/mol. The van der Waals surface area contributed by atoms with Crippen LogP contribution in [-0.2, 0) is 0 Å². The first-order chi connectivity index (χ1) is 9.73. The largest absolute Gasteiger partial charge is 0.471 e. The molecule has 0 atom stereocenters. The number of hydrogen-bond acceptors (Lipinski definition) is 4. The van der Waals surface area contributed by atoms with Gasteiger partial charge in [-0.2, -0.15) is 26.9 Å². The molecule has 0 aliphatic heterocycles. The van der Waals surface area contributed by atoms with E-state index in [2.05, 4.69) is 20.0 Å². The smallest absolute Gasteiger partial charge is 0.456 e. The van der Waals surface area contributed by atoms with Gasteiger partial charge in [-0.25, -0.2) is 4.98 Å². The van der Waals surface area contributed by atoms with Gasteiger partial charge in [0.25, 0.3) is 0 Å². The molecule has 2 rings (SSSR count). The summed E-state index contributed by atoms with van der Waals surface area (Å²) in [7, 11) is 0. The van der Waals surface area contributed by atoms with Crippen molar-refractivity contribution < 1.29 is 26.7 Å². The Hall–Kier alpha value is -1.67. The van der Waals surface area contributed by atoms with Gasteiger partial charge < -0.3 is 10.1 Å². The number of rotatable bonds is 6. The van der Waals surface area contributed by atoms with Gasteiger partial charge in [-0.3, -0.25) is 0 Å². The van der Waals surface area contributed by atoms with E-state index < -0.39 is 18.7 Å². The molecule has 0 aromatic carbocycles. The average Bonchev–Trinajstić information content (AvgIpc) is 3.19. The number of nitrogens with zero attached hydrogens (tertiary/aromatic N) is 2. The standard InChI is InChI=1S/C12H14F5N3O/c1-2-18-8-5-9(20-10(19-8)7-3-4-7)21-6-11(13,14)12(15,16)17/h5,7H,2-4,6H2,1H3,(H,18,19,20). The molecule has 0 spiro atoms. The van der Waals surface area contributed by atoms with Crippen molar-refractivity contribution in [3.05, 3.63) is 11.9 Å². The fraction of sp³-hybridized carbons (Fsp3) is 0.667. The number of hydrogen-bond donors (Lipinski definition) is 1. The van der Waals surface area contributed by atoms with Gasteiger partial charge in [-0.1, -0.05) is 0 Å². The van der Waals surface area contributed by atoms with E-state index in [4.69, 9.17) is 0 Å². The number of ether oxygens (including phenoxy) is 1. The highest BCUT2D eigenvalue weighted by atomic mass is 19.4. The van der Waals surface area contributed by atoms with Gasteiger partial charge >= 0.3 is 12.1 Å². The third-order valence-electron chi connectivity index (χ3n) is 2.84. The van der Waals surface area contributed by atoms with Crippen molar-refractivity contribution in [2.24, 2.45) is 0 Å². The van der Waals surface area contributed by atoms with Crippen molar-refractivity contribution in [2.75, 3.05) is 18.5 Å². The van der Waals surface area contributed by atoms with E-state index in [1.807, 2.05) is 0 Å². The maximum atomic E-state index is 12.8. The lowest BCUT2D eigenvalue weighted by atomic mass is 10.3. The second-order valence-electron chi connectivity index (χ2n) is 4.75. The van der Waals surface area contributed by atoms with Gasteiger partial charge in [-0.15, -0.1) is 0 Å². The van der Waals surface area contributed by atoms with E-state index in [0.717, 1.165) is 12.8 Å². The summed E-state index contributed by atoms with van der Waals surface area (Å²) in [6, 6.07) is 1.21. The Morgan fingerprint density at radius 1 is 1.24 bits per heavy atom.